The van der Waals surface area contributed by atoms with E-state index in [1.54, 1.807) is 0 Å². The summed E-state index contributed by atoms with van der Waals surface area (Å²) >= 11 is 0. The lowest BCUT2D eigenvalue weighted by molar-refractivity contribution is -0.149. The number of epoxide rings is 1. The standard InChI is InChI=1S/C14H24O3/c1-4-14(12(15)16-5-2)13(3,17-14)11-9-7-6-8-10-11/h11H,4-10H2,1-3H3. The van der Waals surface area contributed by atoms with Crippen LogP contribution >= 0.6 is 0 Å². The van der Waals surface area contributed by atoms with Crippen LogP contribution in [-0.2, 0) is 14.3 Å². The molecular formula is C14H24O3. The first-order valence-electron chi connectivity index (χ1n) is 6.98. The molecule has 0 bridgehead atoms. The molecule has 17 heavy (non-hydrogen) atoms. The van der Waals surface area contributed by atoms with Crippen LogP contribution < -0.4 is 0 Å². The minimum absolute atomic E-state index is 0.157. The molecule has 0 aromatic carbocycles. The van der Waals surface area contributed by atoms with Gasteiger partial charge in [-0.3, -0.25) is 0 Å². The van der Waals surface area contributed by atoms with Gasteiger partial charge in [0.15, 0.2) is 5.60 Å². The zero-order valence-corrected chi connectivity index (χ0v) is 11.3. The highest BCUT2D eigenvalue weighted by Gasteiger charge is 2.74. The molecule has 98 valence electrons. The molecule has 2 fully saturated rings. The Morgan fingerprint density at radius 2 is 1.94 bits per heavy atom. The maximum Gasteiger partial charge on any atom is 0.341 e. The van der Waals surface area contributed by atoms with E-state index in [9.17, 15) is 4.79 Å². The lowest BCUT2D eigenvalue weighted by Crippen LogP contribution is -2.38. The first kappa shape index (κ1) is 12.9. The smallest absolute Gasteiger partial charge is 0.341 e. The Morgan fingerprint density at radius 1 is 1.29 bits per heavy atom. The summed E-state index contributed by atoms with van der Waals surface area (Å²) < 4.78 is 11.1. The van der Waals surface area contributed by atoms with Gasteiger partial charge in [-0.15, -0.1) is 0 Å². The van der Waals surface area contributed by atoms with E-state index in [4.69, 9.17) is 9.47 Å². The molecule has 1 aliphatic carbocycles. The highest BCUT2D eigenvalue weighted by atomic mass is 16.7. The molecule has 2 rings (SSSR count). The molecule has 0 radical (unpaired) electrons. The van der Waals surface area contributed by atoms with E-state index in [-0.39, 0.29) is 11.6 Å². The third-order valence-corrected chi connectivity index (χ3v) is 4.63. The van der Waals surface area contributed by atoms with Crippen molar-refractivity contribution in [2.75, 3.05) is 6.61 Å². The second-order valence-corrected chi connectivity index (χ2v) is 5.45. The van der Waals surface area contributed by atoms with Crippen LogP contribution in [0.15, 0.2) is 0 Å². The Bertz CT molecular complexity index is 296. The van der Waals surface area contributed by atoms with E-state index in [0.717, 1.165) is 6.42 Å². The SMILES string of the molecule is CCOC(=O)C1(CC)OC1(C)C1CCCCC1. The predicted molar refractivity (Wildman–Crippen MR) is 65.7 cm³/mol. The predicted octanol–water partition coefficient (Wildman–Crippen LogP) is 3.07. The minimum Gasteiger partial charge on any atom is -0.464 e. The van der Waals surface area contributed by atoms with Crippen molar-refractivity contribution in [1.29, 1.82) is 0 Å². The van der Waals surface area contributed by atoms with E-state index in [1.165, 1.54) is 32.1 Å². The monoisotopic (exact) mass is 240 g/mol. The van der Waals surface area contributed by atoms with Crippen molar-refractivity contribution in [1.82, 2.24) is 0 Å². The fourth-order valence-corrected chi connectivity index (χ4v) is 3.46. The highest BCUT2D eigenvalue weighted by Crippen LogP contribution is 2.58. The number of hydrogen-bond donors (Lipinski definition) is 0. The molecule has 3 heteroatoms. The van der Waals surface area contributed by atoms with Gasteiger partial charge in [0.05, 0.1) is 6.61 Å². The lowest BCUT2D eigenvalue weighted by atomic mass is 9.74. The van der Waals surface area contributed by atoms with Gasteiger partial charge in [-0.25, -0.2) is 4.79 Å². The molecule has 2 atom stereocenters. The first-order chi connectivity index (χ1) is 8.10. The molecule has 0 spiro atoms. The number of carbonyl (C=O) groups excluding carboxylic acids is 1. The maximum atomic E-state index is 12.1. The molecular weight excluding hydrogens is 216 g/mol. The molecule has 2 unspecified atom stereocenters. The fraction of sp³-hybridized carbons (Fsp3) is 0.929. The molecule has 2 aliphatic rings. The highest BCUT2D eigenvalue weighted by molar-refractivity contribution is 5.84. The van der Waals surface area contributed by atoms with E-state index < -0.39 is 5.60 Å². The van der Waals surface area contributed by atoms with Gasteiger partial charge in [0.1, 0.15) is 5.60 Å². The zero-order valence-electron chi connectivity index (χ0n) is 11.3. The minimum atomic E-state index is -0.648. The van der Waals surface area contributed by atoms with E-state index >= 15 is 0 Å². The summed E-state index contributed by atoms with van der Waals surface area (Å²) in [6.07, 6.45) is 6.97. The van der Waals surface area contributed by atoms with Gasteiger partial charge < -0.3 is 9.47 Å². The number of esters is 1. The molecule has 0 N–H and O–H groups in total. The van der Waals surface area contributed by atoms with Crippen molar-refractivity contribution in [2.45, 2.75) is 70.5 Å². The molecule has 1 saturated carbocycles. The van der Waals surface area contributed by atoms with Crippen LogP contribution in [0.4, 0.5) is 0 Å². The normalized spacial score (nSPS) is 37.8. The Kier molecular flexibility index (Phi) is 3.48. The van der Waals surface area contributed by atoms with Crippen molar-refractivity contribution >= 4 is 5.97 Å². The van der Waals surface area contributed by atoms with Crippen LogP contribution in [-0.4, -0.2) is 23.8 Å². The Morgan fingerprint density at radius 3 is 2.47 bits per heavy atom. The molecule has 0 aromatic rings. The molecule has 1 saturated heterocycles. The lowest BCUT2D eigenvalue weighted by Gasteiger charge is -2.27. The van der Waals surface area contributed by atoms with Crippen LogP contribution in [0, 0.1) is 5.92 Å². The van der Waals surface area contributed by atoms with Crippen molar-refractivity contribution in [3.8, 4) is 0 Å². The third kappa shape index (κ3) is 1.88. The average molecular weight is 240 g/mol. The number of hydrogen-bond acceptors (Lipinski definition) is 3. The first-order valence-corrected chi connectivity index (χ1v) is 6.98. The topological polar surface area (TPSA) is 38.8 Å². The van der Waals surface area contributed by atoms with Gasteiger partial charge >= 0.3 is 5.97 Å². The van der Waals surface area contributed by atoms with Crippen LogP contribution in [0.1, 0.15) is 59.3 Å². The maximum absolute atomic E-state index is 12.1. The van der Waals surface area contributed by atoms with Gasteiger partial charge in [-0.2, -0.15) is 0 Å². The fourth-order valence-electron chi connectivity index (χ4n) is 3.46. The summed E-state index contributed by atoms with van der Waals surface area (Å²) in [4.78, 5) is 12.1. The third-order valence-electron chi connectivity index (χ3n) is 4.63. The van der Waals surface area contributed by atoms with Crippen LogP contribution in [0.2, 0.25) is 0 Å². The number of ether oxygens (including phenoxy) is 2. The summed E-state index contributed by atoms with van der Waals surface area (Å²) in [5.41, 5.74) is -0.917. The van der Waals surface area contributed by atoms with Gasteiger partial charge in [0.25, 0.3) is 0 Å². The van der Waals surface area contributed by atoms with Gasteiger partial charge in [0, 0.05) is 0 Å². The molecule has 0 amide bonds. The summed E-state index contributed by atoms with van der Waals surface area (Å²) in [5, 5.41) is 0. The van der Waals surface area contributed by atoms with Crippen LogP contribution in [0.3, 0.4) is 0 Å². The van der Waals surface area contributed by atoms with E-state index in [0.29, 0.717) is 12.5 Å². The quantitative estimate of drug-likeness (QED) is 0.560. The summed E-state index contributed by atoms with van der Waals surface area (Å²) in [6, 6.07) is 0. The van der Waals surface area contributed by atoms with Crippen molar-refractivity contribution < 1.29 is 14.3 Å². The van der Waals surface area contributed by atoms with Crippen LogP contribution in [0.25, 0.3) is 0 Å². The average Bonchev–Trinajstić information content (AvgIpc) is 3.00. The second-order valence-electron chi connectivity index (χ2n) is 5.45. The molecule has 0 aromatic heterocycles. The number of carbonyl (C=O) groups is 1. The summed E-state index contributed by atoms with van der Waals surface area (Å²) in [6.45, 7) is 6.40. The summed E-state index contributed by atoms with van der Waals surface area (Å²) in [7, 11) is 0. The molecule has 1 heterocycles. The Balaban J connectivity index is 2.09. The van der Waals surface area contributed by atoms with Crippen molar-refractivity contribution in [3.63, 3.8) is 0 Å². The van der Waals surface area contributed by atoms with E-state index in [1.807, 2.05) is 13.8 Å². The van der Waals surface area contributed by atoms with Crippen molar-refractivity contribution in [2.24, 2.45) is 5.92 Å². The van der Waals surface area contributed by atoms with Crippen molar-refractivity contribution in [3.05, 3.63) is 0 Å². The largest absolute Gasteiger partial charge is 0.464 e. The van der Waals surface area contributed by atoms with E-state index in [2.05, 4.69) is 6.92 Å². The van der Waals surface area contributed by atoms with Gasteiger partial charge in [0.2, 0.25) is 0 Å². The Labute approximate surface area is 104 Å². The van der Waals surface area contributed by atoms with Crippen LogP contribution in [0.5, 0.6) is 0 Å². The zero-order chi connectivity index (χ0) is 12.5. The van der Waals surface area contributed by atoms with Gasteiger partial charge in [-0.1, -0.05) is 26.2 Å². The van der Waals surface area contributed by atoms with Gasteiger partial charge in [-0.05, 0) is 39.0 Å². The number of rotatable bonds is 4. The summed E-state index contributed by atoms with van der Waals surface area (Å²) in [5.74, 6) is 0.371. The Hall–Kier alpha value is -0.570. The molecule has 1 aliphatic heterocycles. The molecule has 3 nitrogen and oxygen atoms in total. The second kappa shape index (κ2) is 4.60.